The number of rotatable bonds is 5. The Kier molecular flexibility index (Phi) is 4.47. The number of aromatic nitrogens is 1. The second-order valence-electron chi connectivity index (χ2n) is 2.76. The van der Waals surface area contributed by atoms with Crippen molar-refractivity contribution in [3.63, 3.8) is 0 Å². The van der Waals surface area contributed by atoms with Gasteiger partial charge in [-0.1, -0.05) is 0 Å². The summed E-state index contributed by atoms with van der Waals surface area (Å²) in [4.78, 5) is 14.7. The number of nitrogens with one attached hydrogen (secondary N) is 2. The molecule has 0 aliphatic carbocycles. The third kappa shape index (κ3) is 3.89. The zero-order valence-electron chi connectivity index (χ0n) is 7.99. The standard InChI is InChI=1S/C10H14N3O/c1-2-10(14)13-8-7-12-9-3-5-11-6-4-9/h3-6H,1-2,7-8H2,(H,11,12)(H,13,14). The number of amides is 1. The predicted molar refractivity (Wildman–Crippen MR) is 55.7 cm³/mol. The monoisotopic (exact) mass is 192 g/mol. The Bertz CT molecular complexity index is 274. The molecule has 1 amide bonds. The molecular weight excluding hydrogens is 178 g/mol. The molecule has 4 nitrogen and oxygen atoms in total. The van der Waals surface area contributed by atoms with Gasteiger partial charge in [0.15, 0.2) is 0 Å². The van der Waals surface area contributed by atoms with E-state index in [-0.39, 0.29) is 12.3 Å². The van der Waals surface area contributed by atoms with Crippen molar-refractivity contribution in [2.24, 2.45) is 0 Å². The summed E-state index contributed by atoms with van der Waals surface area (Å²) >= 11 is 0. The summed E-state index contributed by atoms with van der Waals surface area (Å²) in [6.45, 7) is 4.79. The smallest absolute Gasteiger partial charge is 0.220 e. The van der Waals surface area contributed by atoms with Gasteiger partial charge in [-0.2, -0.15) is 0 Å². The van der Waals surface area contributed by atoms with Crippen molar-refractivity contribution in [2.45, 2.75) is 6.42 Å². The average molecular weight is 192 g/mol. The molecule has 0 spiro atoms. The first-order valence-corrected chi connectivity index (χ1v) is 4.53. The van der Waals surface area contributed by atoms with Crippen LogP contribution in [0.2, 0.25) is 0 Å². The van der Waals surface area contributed by atoms with Gasteiger partial charge in [-0.25, -0.2) is 0 Å². The summed E-state index contributed by atoms with van der Waals surface area (Å²) in [5.41, 5.74) is 1.00. The van der Waals surface area contributed by atoms with Gasteiger partial charge in [-0.05, 0) is 19.1 Å². The largest absolute Gasteiger partial charge is 0.383 e. The fourth-order valence-corrected chi connectivity index (χ4v) is 0.967. The number of nitrogens with zero attached hydrogens (tertiary/aromatic N) is 1. The molecule has 1 radical (unpaired) electrons. The molecule has 2 N–H and O–H groups in total. The molecule has 0 bridgehead atoms. The molecular formula is C10H14N3O. The van der Waals surface area contributed by atoms with Gasteiger partial charge in [0, 0.05) is 37.6 Å². The lowest BCUT2D eigenvalue weighted by Crippen LogP contribution is -2.27. The number of hydrogen-bond acceptors (Lipinski definition) is 3. The number of carbonyl (C=O) groups excluding carboxylic acids is 1. The van der Waals surface area contributed by atoms with Crippen LogP contribution in [0.3, 0.4) is 0 Å². The van der Waals surface area contributed by atoms with Crippen molar-refractivity contribution in [2.75, 3.05) is 18.4 Å². The Balaban J connectivity index is 2.13. The van der Waals surface area contributed by atoms with E-state index in [1.165, 1.54) is 0 Å². The van der Waals surface area contributed by atoms with Gasteiger partial charge < -0.3 is 10.6 Å². The quantitative estimate of drug-likeness (QED) is 0.679. The minimum Gasteiger partial charge on any atom is -0.383 e. The third-order valence-corrected chi connectivity index (χ3v) is 1.68. The minimum absolute atomic E-state index is 0.0264. The summed E-state index contributed by atoms with van der Waals surface area (Å²) in [6.07, 6.45) is 3.73. The molecule has 0 atom stereocenters. The Morgan fingerprint density at radius 1 is 1.36 bits per heavy atom. The fraction of sp³-hybridized carbons (Fsp3) is 0.300. The van der Waals surface area contributed by atoms with E-state index in [1.807, 2.05) is 12.1 Å². The Morgan fingerprint density at radius 2 is 2.07 bits per heavy atom. The van der Waals surface area contributed by atoms with Crippen LogP contribution in [0.15, 0.2) is 24.5 Å². The van der Waals surface area contributed by atoms with Gasteiger partial charge in [0.25, 0.3) is 0 Å². The SMILES string of the molecule is [CH2]CC(=O)NCCNc1ccncc1. The minimum atomic E-state index is -0.0264. The highest BCUT2D eigenvalue weighted by molar-refractivity contribution is 5.76. The summed E-state index contributed by atoms with van der Waals surface area (Å²) < 4.78 is 0. The second kappa shape index (κ2) is 5.96. The van der Waals surface area contributed by atoms with Gasteiger partial charge in [-0.15, -0.1) is 0 Å². The molecule has 0 aliphatic rings. The highest BCUT2D eigenvalue weighted by Gasteiger charge is 1.94. The van der Waals surface area contributed by atoms with E-state index in [0.29, 0.717) is 13.1 Å². The van der Waals surface area contributed by atoms with Crippen LogP contribution < -0.4 is 10.6 Å². The van der Waals surface area contributed by atoms with E-state index in [4.69, 9.17) is 0 Å². The Labute approximate surface area is 83.7 Å². The van der Waals surface area contributed by atoms with E-state index >= 15 is 0 Å². The van der Waals surface area contributed by atoms with Crippen LogP contribution in [0.25, 0.3) is 0 Å². The van der Waals surface area contributed by atoms with Gasteiger partial charge in [0.05, 0.1) is 0 Å². The lowest BCUT2D eigenvalue weighted by molar-refractivity contribution is -0.120. The first-order valence-electron chi connectivity index (χ1n) is 4.53. The lowest BCUT2D eigenvalue weighted by atomic mass is 10.4. The van der Waals surface area contributed by atoms with Gasteiger partial charge in [-0.3, -0.25) is 9.78 Å². The number of carbonyl (C=O) groups is 1. The van der Waals surface area contributed by atoms with Crippen molar-refractivity contribution in [3.05, 3.63) is 31.5 Å². The van der Waals surface area contributed by atoms with Gasteiger partial charge in [0.1, 0.15) is 0 Å². The maximum Gasteiger partial charge on any atom is 0.220 e. The molecule has 0 saturated carbocycles. The van der Waals surface area contributed by atoms with Crippen LogP contribution in [-0.4, -0.2) is 24.0 Å². The summed E-state index contributed by atoms with van der Waals surface area (Å²) in [5.74, 6) is -0.0264. The van der Waals surface area contributed by atoms with Crippen molar-refractivity contribution in [1.29, 1.82) is 0 Å². The van der Waals surface area contributed by atoms with E-state index in [9.17, 15) is 4.79 Å². The first kappa shape index (κ1) is 10.5. The predicted octanol–water partition coefficient (Wildman–Crippen LogP) is 0.834. The molecule has 0 fully saturated rings. The van der Waals surface area contributed by atoms with E-state index in [0.717, 1.165) is 5.69 Å². The molecule has 1 aromatic rings. The van der Waals surface area contributed by atoms with E-state index < -0.39 is 0 Å². The Hall–Kier alpha value is -1.58. The van der Waals surface area contributed by atoms with Crippen molar-refractivity contribution < 1.29 is 4.79 Å². The zero-order valence-corrected chi connectivity index (χ0v) is 7.99. The molecule has 1 heterocycles. The van der Waals surface area contributed by atoms with Crippen molar-refractivity contribution in [3.8, 4) is 0 Å². The van der Waals surface area contributed by atoms with E-state index in [1.54, 1.807) is 12.4 Å². The Morgan fingerprint density at radius 3 is 2.71 bits per heavy atom. The first-order chi connectivity index (χ1) is 6.83. The molecule has 0 saturated heterocycles. The molecule has 0 aliphatic heterocycles. The second-order valence-corrected chi connectivity index (χ2v) is 2.76. The molecule has 0 aromatic carbocycles. The molecule has 4 heteroatoms. The topological polar surface area (TPSA) is 54.0 Å². The van der Waals surface area contributed by atoms with Crippen LogP contribution in [0, 0.1) is 6.92 Å². The number of hydrogen-bond donors (Lipinski definition) is 2. The van der Waals surface area contributed by atoms with Crippen LogP contribution in [0.4, 0.5) is 5.69 Å². The molecule has 1 rings (SSSR count). The third-order valence-electron chi connectivity index (χ3n) is 1.68. The van der Waals surface area contributed by atoms with Crippen LogP contribution in [0.5, 0.6) is 0 Å². The van der Waals surface area contributed by atoms with Crippen LogP contribution in [-0.2, 0) is 4.79 Å². The number of anilines is 1. The molecule has 1 aromatic heterocycles. The van der Waals surface area contributed by atoms with E-state index in [2.05, 4.69) is 22.5 Å². The normalized spacial score (nSPS) is 9.50. The van der Waals surface area contributed by atoms with Crippen molar-refractivity contribution >= 4 is 11.6 Å². The molecule has 14 heavy (non-hydrogen) atoms. The van der Waals surface area contributed by atoms with Crippen LogP contribution >= 0.6 is 0 Å². The number of pyridine rings is 1. The summed E-state index contributed by atoms with van der Waals surface area (Å²) in [7, 11) is 0. The zero-order chi connectivity index (χ0) is 10.2. The van der Waals surface area contributed by atoms with Crippen LogP contribution in [0.1, 0.15) is 6.42 Å². The molecule has 75 valence electrons. The molecule has 0 unspecified atom stereocenters. The highest BCUT2D eigenvalue weighted by atomic mass is 16.1. The van der Waals surface area contributed by atoms with Crippen molar-refractivity contribution in [1.82, 2.24) is 10.3 Å². The maximum absolute atomic E-state index is 10.8. The highest BCUT2D eigenvalue weighted by Crippen LogP contribution is 2.01. The summed E-state index contributed by atoms with van der Waals surface area (Å²) in [6, 6.07) is 3.76. The maximum atomic E-state index is 10.8. The van der Waals surface area contributed by atoms with Gasteiger partial charge >= 0.3 is 0 Å². The van der Waals surface area contributed by atoms with Gasteiger partial charge in [0.2, 0.25) is 5.91 Å². The summed E-state index contributed by atoms with van der Waals surface area (Å²) in [5, 5.41) is 5.87. The average Bonchev–Trinajstić information content (AvgIpc) is 2.25. The lowest BCUT2D eigenvalue weighted by Gasteiger charge is -2.06. The fourth-order valence-electron chi connectivity index (χ4n) is 0.967.